The first kappa shape index (κ1) is 16.0. The number of hydrogen-bond donors (Lipinski definition) is 2. The van der Waals surface area contributed by atoms with Crippen LogP contribution in [0.15, 0.2) is 0 Å². The van der Waals surface area contributed by atoms with Crippen LogP contribution in [0.2, 0.25) is 0 Å². The molecule has 0 aliphatic heterocycles. The van der Waals surface area contributed by atoms with Crippen LogP contribution in [0.3, 0.4) is 0 Å². The molecule has 1 atom stereocenters. The van der Waals surface area contributed by atoms with Crippen molar-refractivity contribution in [2.45, 2.75) is 72.3 Å². The lowest BCUT2D eigenvalue weighted by Crippen LogP contribution is -2.50. The van der Waals surface area contributed by atoms with E-state index >= 15 is 0 Å². The number of carbonyl (C=O) groups is 2. The lowest BCUT2D eigenvalue weighted by Gasteiger charge is -2.35. The molecule has 1 aliphatic rings. The van der Waals surface area contributed by atoms with Gasteiger partial charge >= 0.3 is 5.97 Å². The average molecular weight is 269 g/mol. The number of nitrogens with one attached hydrogen (secondary N) is 1. The van der Waals surface area contributed by atoms with Crippen molar-refractivity contribution >= 4 is 11.9 Å². The first-order chi connectivity index (χ1) is 8.71. The Labute approximate surface area is 116 Å². The van der Waals surface area contributed by atoms with Crippen molar-refractivity contribution < 1.29 is 14.7 Å². The number of hydrogen-bond acceptors (Lipinski definition) is 2. The molecule has 1 saturated carbocycles. The summed E-state index contributed by atoms with van der Waals surface area (Å²) in [5, 5.41) is 12.0. The summed E-state index contributed by atoms with van der Waals surface area (Å²) in [5.74, 6) is -0.814. The maximum atomic E-state index is 12.5. The summed E-state index contributed by atoms with van der Waals surface area (Å²) in [5.41, 5.74) is -0.510. The Balaban J connectivity index is 2.78. The van der Waals surface area contributed by atoms with Crippen LogP contribution in [0, 0.1) is 10.8 Å². The third kappa shape index (κ3) is 3.95. The van der Waals surface area contributed by atoms with Crippen molar-refractivity contribution in [2.24, 2.45) is 10.8 Å². The van der Waals surface area contributed by atoms with E-state index in [-0.39, 0.29) is 29.2 Å². The van der Waals surface area contributed by atoms with E-state index in [1.165, 1.54) is 0 Å². The fourth-order valence-electron chi connectivity index (χ4n) is 2.85. The Bertz CT molecular complexity index is 338. The molecular formula is C15H27NO3. The molecule has 0 aromatic rings. The van der Waals surface area contributed by atoms with Gasteiger partial charge in [-0.3, -0.25) is 9.59 Å². The molecule has 0 aromatic carbocycles. The molecule has 1 rings (SSSR count). The van der Waals surface area contributed by atoms with E-state index < -0.39 is 5.97 Å². The largest absolute Gasteiger partial charge is 0.481 e. The normalized spacial score (nSPS) is 20.0. The fraction of sp³-hybridized carbons (Fsp3) is 0.867. The van der Waals surface area contributed by atoms with E-state index in [4.69, 9.17) is 5.11 Å². The molecule has 1 fully saturated rings. The monoisotopic (exact) mass is 269 g/mol. The SMILES string of the molecule is CCC1(C(=O)NC(CC(=O)O)C(C)(C)C)CCCC1. The Morgan fingerprint density at radius 3 is 2.16 bits per heavy atom. The van der Waals surface area contributed by atoms with Crippen LogP contribution in [-0.4, -0.2) is 23.0 Å². The van der Waals surface area contributed by atoms with E-state index in [1.54, 1.807) is 0 Å². The average Bonchev–Trinajstić information content (AvgIpc) is 2.75. The van der Waals surface area contributed by atoms with Crippen LogP contribution < -0.4 is 5.32 Å². The van der Waals surface area contributed by atoms with E-state index in [1.807, 2.05) is 27.7 Å². The quantitative estimate of drug-likeness (QED) is 0.806. The molecule has 110 valence electrons. The lowest BCUT2D eigenvalue weighted by molar-refractivity contribution is -0.139. The molecule has 4 nitrogen and oxygen atoms in total. The van der Waals surface area contributed by atoms with Gasteiger partial charge in [-0.2, -0.15) is 0 Å². The van der Waals surface area contributed by atoms with Crippen LogP contribution >= 0.6 is 0 Å². The van der Waals surface area contributed by atoms with Gasteiger partial charge in [0.05, 0.1) is 6.42 Å². The molecule has 0 heterocycles. The van der Waals surface area contributed by atoms with Crippen LogP contribution in [0.1, 0.15) is 66.2 Å². The highest BCUT2D eigenvalue weighted by Crippen LogP contribution is 2.41. The van der Waals surface area contributed by atoms with Crippen LogP contribution in [-0.2, 0) is 9.59 Å². The molecule has 0 bridgehead atoms. The van der Waals surface area contributed by atoms with E-state index in [0.29, 0.717) is 0 Å². The molecule has 2 N–H and O–H groups in total. The number of aliphatic carboxylic acids is 1. The van der Waals surface area contributed by atoms with E-state index in [9.17, 15) is 9.59 Å². The first-order valence-corrected chi connectivity index (χ1v) is 7.24. The van der Waals surface area contributed by atoms with Gasteiger partial charge in [-0.25, -0.2) is 0 Å². The van der Waals surface area contributed by atoms with Gasteiger partial charge in [-0.15, -0.1) is 0 Å². The summed E-state index contributed by atoms with van der Waals surface area (Å²) < 4.78 is 0. The predicted molar refractivity (Wildman–Crippen MR) is 74.8 cm³/mol. The highest BCUT2D eigenvalue weighted by molar-refractivity contribution is 5.83. The van der Waals surface area contributed by atoms with Crippen molar-refractivity contribution in [3.8, 4) is 0 Å². The van der Waals surface area contributed by atoms with Crippen molar-refractivity contribution in [1.29, 1.82) is 0 Å². The van der Waals surface area contributed by atoms with Gasteiger partial charge in [0.2, 0.25) is 5.91 Å². The minimum absolute atomic E-state index is 0.0188. The van der Waals surface area contributed by atoms with Crippen LogP contribution in [0.4, 0.5) is 0 Å². The van der Waals surface area contributed by atoms with Crippen molar-refractivity contribution in [2.75, 3.05) is 0 Å². The zero-order valence-corrected chi connectivity index (χ0v) is 12.6. The summed E-state index contributed by atoms with van der Waals surface area (Å²) >= 11 is 0. The second-order valence-electron chi connectivity index (χ2n) is 6.83. The van der Waals surface area contributed by atoms with Gasteiger partial charge in [0, 0.05) is 11.5 Å². The second kappa shape index (κ2) is 5.93. The van der Waals surface area contributed by atoms with Gasteiger partial charge in [0.15, 0.2) is 0 Å². The van der Waals surface area contributed by atoms with Crippen molar-refractivity contribution in [3.63, 3.8) is 0 Å². The summed E-state index contributed by atoms with van der Waals surface area (Å²) in [7, 11) is 0. The standard InChI is InChI=1S/C15H27NO3/c1-5-15(8-6-7-9-15)13(19)16-11(10-12(17)18)14(2,3)4/h11H,5-10H2,1-4H3,(H,16,19)(H,17,18). The third-order valence-electron chi connectivity index (χ3n) is 4.45. The van der Waals surface area contributed by atoms with Crippen molar-refractivity contribution in [3.05, 3.63) is 0 Å². The number of amides is 1. The highest BCUT2D eigenvalue weighted by Gasteiger charge is 2.41. The molecule has 4 heteroatoms. The zero-order valence-electron chi connectivity index (χ0n) is 12.6. The molecule has 1 unspecified atom stereocenters. The van der Waals surface area contributed by atoms with Crippen LogP contribution in [0.5, 0.6) is 0 Å². The fourth-order valence-corrected chi connectivity index (χ4v) is 2.85. The minimum Gasteiger partial charge on any atom is -0.481 e. The number of rotatable bonds is 5. The molecule has 0 saturated heterocycles. The third-order valence-corrected chi connectivity index (χ3v) is 4.45. The maximum absolute atomic E-state index is 12.5. The summed E-state index contributed by atoms with van der Waals surface area (Å²) in [6, 6.07) is -0.318. The summed E-state index contributed by atoms with van der Waals surface area (Å²) in [6.07, 6.45) is 4.87. The van der Waals surface area contributed by atoms with Gasteiger partial charge in [0.1, 0.15) is 0 Å². The second-order valence-corrected chi connectivity index (χ2v) is 6.83. The van der Waals surface area contributed by atoms with Crippen molar-refractivity contribution in [1.82, 2.24) is 5.32 Å². The van der Waals surface area contributed by atoms with Crippen LogP contribution in [0.25, 0.3) is 0 Å². The molecular weight excluding hydrogens is 242 g/mol. The number of carboxylic acids is 1. The predicted octanol–water partition coefficient (Wildman–Crippen LogP) is 2.96. The van der Waals surface area contributed by atoms with E-state index in [0.717, 1.165) is 32.1 Å². The molecule has 0 aromatic heterocycles. The van der Waals surface area contributed by atoms with E-state index in [2.05, 4.69) is 5.32 Å². The topological polar surface area (TPSA) is 66.4 Å². The summed E-state index contributed by atoms with van der Waals surface area (Å²) in [4.78, 5) is 23.5. The van der Waals surface area contributed by atoms with Gasteiger partial charge in [-0.1, -0.05) is 40.5 Å². The summed E-state index contributed by atoms with van der Waals surface area (Å²) in [6.45, 7) is 7.95. The number of carbonyl (C=O) groups excluding carboxylic acids is 1. The minimum atomic E-state index is -0.864. The zero-order chi connectivity index (χ0) is 14.7. The Kier molecular flexibility index (Phi) is 4.99. The highest BCUT2D eigenvalue weighted by atomic mass is 16.4. The molecule has 0 spiro atoms. The van der Waals surface area contributed by atoms with Gasteiger partial charge in [0.25, 0.3) is 0 Å². The smallest absolute Gasteiger partial charge is 0.305 e. The number of carboxylic acid groups (broad SMARTS) is 1. The Hall–Kier alpha value is -1.06. The maximum Gasteiger partial charge on any atom is 0.305 e. The first-order valence-electron chi connectivity index (χ1n) is 7.24. The molecule has 19 heavy (non-hydrogen) atoms. The Morgan fingerprint density at radius 2 is 1.79 bits per heavy atom. The lowest BCUT2D eigenvalue weighted by atomic mass is 9.80. The Morgan fingerprint density at radius 1 is 1.26 bits per heavy atom. The van der Waals surface area contributed by atoms with Gasteiger partial charge < -0.3 is 10.4 Å². The molecule has 1 aliphatic carbocycles. The molecule has 1 amide bonds. The molecule has 0 radical (unpaired) electrons. The van der Waals surface area contributed by atoms with Gasteiger partial charge in [-0.05, 0) is 24.7 Å².